The molecule has 6 rings (SSSR count). The molecule has 6 atom stereocenters. The maximum Gasteiger partial charge on any atom is 0.410 e. The van der Waals surface area contributed by atoms with Crippen molar-refractivity contribution in [3.63, 3.8) is 0 Å². The van der Waals surface area contributed by atoms with Gasteiger partial charge in [-0.25, -0.2) is 14.4 Å². The lowest BCUT2D eigenvalue weighted by Crippen LogP contribution is -2.57. The maximum atomic E-state index is 14.2. The minimum absolute atomic E-state index is 0.0161. The minimum atomic E-state index is -1.45. The van der Waals surface area contributed by atoms with Gasteiger partial charge in [0, 0.05) is 32.0 Å². The molecule has 1 aromatic rings. The van der Waals surface area contributed by atoms with Crippen LogP contribution in [0, 0.1) is 5.92 Å². The fourth-order valence-corrected chi connectivity index (χ4v) is 7.05. The average Bonchev–Trinajstić information content (AvgIpc) is 3.32. The number of ether oxygens (including phenoxy) is 2. The Balaban J connectivity index is 1.20. The molecule has 4 heterocycles. The number of carboxylic acid groups (broad SMARTS) is 1. The maximum absolute atomic E-state index is 14.2. The van der Waals surface area contributed by atoms with E-state index in [-0.39, 0.29) is 31.3 Å². The van der Waals surface area contributed by atoms with Gasteiger partial charge in [0.25, 0.3) is 0 Å². The van der Waals surface area contributed by atoms with E-state index < -0.39 is 53.6 Å². The van der Waals surface area contributed by atoms with Crippen LogP contribution < -0.4 is 16.0 Å². The Labute approximate surface area is 268 Å². The van der Waals surface area contributed by atoms with E-state index in [0.29, 0.717) is 52.0 Å². The zero-order valence-electron chi connectivity index (χ0n) is 25.9. The molecule has 2 saturated heterocycles. The van der Waals surface area contributed by atoms with Gasteiger partial charge in [-0.3, -0.25) is 9.59 Å². The van der Waals surface area contributed by atoms with Gasteiger partial charge in [-0.2, -0.15) is 0 Å². The van der Waals surface area contributed by atoms with Crippen LogP contribution in [0.5, 0.6) is 0 Å². The van der Waals surface area contributed by atoms with Crippen molar-refractivity contribution in [1.82, 2.24) is 25.8 Å². The van der Waals surface area contributed by atoms with Crippen molar-refractivity contribution in [2.24, 2.45) is 5.92 Å². The fourth-order valence-electron chi connectivity index (χ4n) is 7.05. The summed E-state index contributed by atoms with van der Waals surface area (Å²) in [6, 6.07) is 5.27. The molecule has 1 aromatic carbocycles. The molecule has 13 nitrogen and oxygen atoms in total. The van der Waals surface area contributed by atoms with E-state index >= 15 is 0 Å². The van der Waals surface area contributed by atoms with Crippen LogP contribution in [0.3, 0.4) is 0 Å². The van der Waals surface area contributed by atoms with Gasteiger partial charge >= 0.3 is 18.1 Å². The van der Waals surface area contributed by atoms with Gasteiger partial charge in [-0.15, -0.1) is 0 Å². The Morgan fingerprint density at radius 2 is 1.89 bits per heavy atom. The first kappa shape index (κ1) is 31.8. The van der Waals surface area contributed by atoms with Crippen LogP contribution in [0.1, 0.15) is 62.5 Å². The van der Waals surface area contributed by atoms with Gasteiger partial charge in [-0.05, 0) is 49.7 Å². The molecule has 248 valence electrons. The van der Waals surface area contributed by atoms with E-state index in [1.165, 1.54) is 10.5 Å². The normalized spacial score (nSPS) is 32.0. The Morgan fingerprint density at radius 3 is 2.67 bits per heavy atom. The number of carbonyl (C=O) groups is 5. The molecule has 0 spiro atoms. The first-order valence-electron chi connectivity index (χ1n) is 16.4. The highest BCUT2D eigenvalue weighted by molar-refractivity contribution is 5.96. The highest BCUT2D eigenvalue weighted by Crippen LogP contribution is 2.45. The fraction of sp³-hybridized carbons (Fsp3) is 0.606. The number of rotatable bonds is 4. The van der Waals surface area contributed by atoms with Crippen LogP contribution in [0.4, 0.5) is 9.59 Å². The summed E-state index contributed by atoms with van der Waals surface area (Å²) < 4.78 is 11.2. The molecule has 3 fully saturated rings. The molecule has 46 heavy (non-hydrogen) atoms. The standard InChI is InChI=1S/C33H43N5O8/c39-28-27-16-25(46-32(44)37-14-12-21-8-6-7-9-22(21)18-37)19-38(27)29(40)26(35-31(43)34-24-13-15-45-20-24)11-5-3-1-2-4-10-23-17-33(23,36-28)30(41)42/h4,6-10,23-27H,1-3,5,11-20H2,(H,36,39)(H,41,42)(H2,34,35,43)/b10-4-/t23-,24?,25+,26-,27-,33+/m0/s1. The minimum Gasteiger partial charge on any atom is -0.479 e. The molecular formula is C33H43N5O8. The SMILES string of the molecule is O=C(NC1CCOC1)N[C@H]1CCCCC/C=C\[C@H]2C[C@@]2(C(=O)O)NC(=O)[C@@H]2C[C@@H](OC(=O)N3CCc4ccccc4C3)CN2C1=O. The van der Waals surface area contributed by atoms with Gasteiger partial charge < -0.3 is 40.3 Å². The van der Waals surface area contributed by atoms with Crippen molar-refractivity contribution in [3.8, 4) is 0 Å². The lowest BCUT2D eigenvalue weighted by atomic mass is 10.0. The zero-order chi connectivity index (χ0) is 32.3. The molecule has 1 unspecified atom stereocenters. The largest absolute Gasteiger partial charge is 0.479 e. The highest BCUT2D eigenvalue weighted by Gasteiger charge is 2.61. The number of hydrogen-bond donors (Lipinski definition) is 4. The van der Waals surface area contributed by atoms with E-state index in [0.717, 1.165) is 24.8 Å². The molecule has 13 heteroatoms. The molecule has 5 aliphatic rings. The van der Waals surface area contributed by atoms with E-state index in [1.807, 2.05) is 36.4 Å². The molecule has 1 saturated carbocycles. The third-order valence-electron chi connectivity index (χ3n) is 9.85. The van der Waals surface area contributed by atoms with E-state index in [9.17, 15) is 29.1 Å². The van der Waals surface area contributed by atoms with Gasteiger partial charge in [0.05, 0.1) is 19.2 Å². The zero-order valence-corrected chi connectivity index (χ0v) is 25.9. The number of carbonyl (C=O) groups excluding carboxylic acids is 4. The van der Waals surface area contributed by atoms with Crippen molar-refractivity contribution < 1.29 is 38.6 Å². The summed E-state index contributed by atoms with van der Waals surface area (Å²) in [5.41, 5.74) is 0.784. The second-order valence-electron chi connectivity index (χ2n) is 13.1. The average molecular weight is 638 g/mol. The summed E-state index contributed by atoms with van der Waals surface area (Å²) >= 11 is 0. The van der Waals surface area contributed by atoms with Crippen LogP contribution in [-0.2, 0) is 36.8 Å². The first-order valence-corrected chi connectivity index (χ1v) is 16.4. The summed E-state index contributed by atoms with van der Waals surface area (Å²) in [7, 11) is 0. The summed E-state index contributed by atoms with van der Waals surface area (Å²) in [6.07, 6.45) is 7.56. The van der Waals surface area contributed by atoms with E-state index in [4.69, 9.17) is 9.47 Å². The molecule has 4 N–H and O–H groups in total. The lowest BCUT2D eigenvalue weighted by molar-refractivity contribution is -0.145. The van der Waals surface area contributed by atoms with Crippen LogP contribution in [0.25, 0.3) is 0 Å². The predicted octanol–water partition coefficient (Wildman–Crippen LogP) is 2.09. The Bertz CT molecular complexity index is 1380. The van der Waals surface area contributed by atoms with E-state index in [1.54, 1.807) is 4.90 Å². The molecule has 0 radical (unpaired) electrons. The summed E-state index contributed by atoms with van der Waals surface area (Å²) in [5.74, 6) is -2.56. The number of hydrogen-bond acceptors (Lipinski definition) is 7. The Morgan fingerprint density at radius 1 is 1.07 bits per heavy atom. The highest BCUT2D eigenvalue weighted by atomic mass is 16.6. The molecular weight excluding hydrogens is 594 g/mol. The second kappa shape index (κ2) is 13.7. The monoisotopic (exact) mass is 637 g/mol. The topological polar surface area (TPSA) is 167 Å². The predicted molar refractivity (Wildman–Crippen MR) is 164 cm³/mol. The first-order chi connectivity index (χ1) is 22.2. The Kier molecular flexibility index (Phi) is 9.48. The smallest absolute Gasteiger partial charge is 0.410 e. The molecule has 4 aliphatic heterocycles. The second-order valence-corrected chi connectivity index (χ2v) is 13.1. The summed E-state index contributed by atoms with van der Waals surface area (Å²) in [5, 5.41) is 18.5. The van der Waals surface area contributed by atoms with E-state index in [2.05, 4.69) is 16.0 Å². The number of nitrogens with one attached hydrogen (secondary N) is 3. The van der Waals surface area contributed by atoms with Gasteiger partial charge in [0.15, 0.2) is 0 Å². The molecule has 5 amide bonds. The van der Waals surface area contributed by atoms with Crippen molar-refractivity contribution >= 4 is 29.9 Å². The van der Waals surface area contributed by atoms with Crippen LogP contribution in [0.15, 0.2) is 36.4 Å². The quantitative estimate of drug-likeness (QED) is 0.364. The number of carboxylic acids is 1. The number of urea groups is 1. The lowest BCUT2D eigenvalue weighted by Gasteiger charge is -2.30. The number of fused-ring (bicyclic) bond motifs is 3. The van der Waals surface area contributed by atoms with Crippen molar-refractivity contribution in [3.05, 3.63) is 47.5 Å². The van der Waals surface area contributed by atoms with Crippen LogP contribution >= 0.6 is 0 Å². The van der Waals surface area contributed by atoms with Gasteiger partial charge in [0.1, 0.15) is 23.7 Å². The number of benzene rings is 1. The van der Waals surface area contributed by atoms with Crippen LogP contribution in [-0.4, -0.2) is 101 Å². The van der Waals surface area contributed by atoms with Crippen LogP contribution in [0.2, 0.25) is 0 Å². The number of aliphatic carboxylic acids is 1. The molecule has 0 aromatic heterocycles. The number of nitrogens with zero attached hydrogens (tertiary/aromatic N) is 2. The number of amides is 5. The van der Waals surface area contributed by atoms with Crippen molar-refractivity contribution in [2.75, 3.05) is 26.3 Å². The third kappa shape index (κ3) is 6.98. The number of allylic oxidation sites excluding steroid dienone is 1. The Hall–Kier alpha value is -4.13. The van der Waals surface area contributed by atoms with Gasteiger partial charge in [0.2, 0.25) is 11.8 Å². The van der Waals surface area contributed by atoms with Crippen molar-refractivity contribution in [2.45, 2.75) is 94.1 Å². The van der Waals surface area contributed by atoms with Gasteiger partial charge in [-0.1, -0.05) is 49.3 Å². The van der Waals surface area contributed by atoms with Crippen molar-refractivity contribution in [1.29, 1.82) is 0 Å². The third-order valence-corrected chi connectivity index (χ3v) is 9.85. The molecule has 0 bridgehead atoms. The summed E-state index contributed by atoms with van der Waals surface area (Å²) in [6.45, 7) is 1.79. The summed E-state index contributed by atoms with van der Waals surface area (Å²) in [4.78, 5) is 69.5. The molecule has 1 aliphatic carbocycles.